The lowest BCUT2D eigenvalue weighted by atomic mass is 10.3. The fraction of sp³-hybridized carbons (Fsp3) is 0.182. The molecule has 110 valence electrons. The van der Waals surface area contributed by atoms with Crippen LogP contribution in [0.4, 0.5) is 5.69 Å². The molecule has 0 unspecified atom stereocenters. The zero-order valence-electron chi connectivity index (χ0n) is 10.8. The number of aryl methyl sites for hydroxylation is 1. The van der Waals surface area contributed by atoms with Crippen molar-refractivity contribution in [3.05, 3.63) is 28.9 Å². The average Bonchev–Trinajstić information content (AvgIpc) is 2.77. The van der Waals surface area contributed by atoms with Gasteiger partial charge < -0.3 is 4.74 Å². The highest BCUT2D eigenvalue weighted by molar-refractivity contribution is 9.10. The average molecular weight is 372 g/mol. The van der Waals surface area contributed by atoms with Gasteiger partial charge in [-0.2, -0.15) is 13.7 Å². The fourth-order valence-corrected chi connectivity index (χ4v) is 3.70. The third-order valence-electron chi connectivity index (χ3n) is 2.40. The van der Waals surface area contributed by atoms with Crippen LogP contribution in [0, 0.1) is 11.3 Å². The Morgan fingerprint density at radius 2 is 2.10 bits per heavy atom. The normalized spacial score (nSPS) is 10.9. The van der Waals surface area contributed by atoms with Crippen molar-refractivity contribution >= 4 is 31.6 Å². The van der Waals surface area contributed by atoms with Crippen LogP contribution in [0.3, 0.4) is 0 Å². The number of rotatable bonds is 5. The molecule has 0 bridgehead atoms. The molecule has 0 saturated carbocycles. The first-order valence-electron chi connectivity index (χ1n) is 5.62. The van der Waals surface area contributed by atoms with Gasteiger partial charge in [-0.05, 0) is 40.2 Å². The van der Waals surface area contributed by atoms with Crippen LogP contribution in [-0.4, -0.2) is 30.0 Å². The predicted molar refractivity (Wildman–Crippen MR) is 77.1 cm³/mol. The van der Waals surface area contributed by atoms with Gasteiger partial charge in [-0.15, -0.1) is 5.10 Å². The van der Waals surface area contributed by atoms with E-state index in [0.29, 0.717) is 11.4 Å². The maximum Gasteiger partial charge on any atom is 0.281 e. The van der Waals surface area contributed by atoms with Gasteiger partial charge in [0.2, 0.25) is 5.03 Å². The largest absolute Gasteiger partial charge is 0.479 e. The second kappa shape index (κ2) is 6.11. The second-order valence-electron chi connectivity index (χ2n) is 3.89. The van der Waals surface area contributed by atoms with Crippen LogP contribution in [0.2, 0.25) is 0 Å². The quantitative estimate of drug-likeness (QED) is 0.847. The Hall–Kier alpha value is -2.12. The summed E-state index contributed by atoms with van der Waals surface area (Å²) in [4.78, 5) is 0. The van der Waals surface area contributed by atoms with E-state index in [1.807, 2.05) is 6.07 Å². The van der Waals surface area contributed by atoms with Gasteiger partial charge in [0.05, 0.1) is 0 Å². The van der Waals surface area contributed by atoms with E-state index in [0.717, 1.165) is 4.68 Å². The molecule has 21 heavy (non-hydrogen) atoms. The van der Waals surface area contributed by atoms with Crippen molar-refractivity contribution in [2.45, 2.75) is 5.03 Å². The molecule has 1 aromatic heterocycles. The van der Waals surface area contributed by atoms with Crippen molar-refractivity contribution in [3.63, 3.8) is 0 Å². The second-order valence-corrected chi connectivity index (χ2v) is 6.23. The molecular weight excluding hydrogens is 362 g/mol. The van der Waals surface area contributed by atoms with Gasteiger partial charge in [0.25, 0.3) is 10.0 Å². The number of nitriles is 1. The summed E-state index contributed by atoms with van der Waals surface area (Å²) in [5.41, 5.74) is 0.354. The van der Waals surface area contributed by atoms with Crippen molar-refractivity contribution in [1.29, 1.82) is 5.26 Å². The van der Waals surface area contributed by atoms with E-state index >= 15 is 0 Å². The van der Waals surface area contributed by atoms with Crippen LogP contribution in [0.1, 0.15) is 0 Å². The molecule has 0 saturated heterocycles. The van der Waals surface area contributed by atoms with E-state index in [4.69, 9.17) is 10.00 Å². The third kappa shape index (κ3) is 3.50. The number of ether oxygens (including phenoxy) is 1. The maximum absolute atomic E-state index is 12.2. The van der Waals surface area contributed by atoms with Crippen LogP contribution >= 0.6 is 15.9 Å². The monoisotopic (exact) mass is 371 g/mol. The van der Waals surface area contributed by atoms with Crippen molar-refractivity contribution in [1.82, 2.24) is 15.0 Å². The Morgan fingerprint density at radius 3 is 2.62 bits per heavy atom. The molecule has 0 aliphatic carbocycles. The molecule has 0 aliphatic heterocycles. The number of hydrogen-bond donors (Lipinski definition) is 1. The molecule has 0 fully saturated rings. The molecule has 1 N–H and O–H groups in total. The number of nitrogens with zero attached hydrogens (tertiary/aromatic N) is 4. The molecule has 0 spiro atoms. The topological polar surface area (TPSA) is 110 Å². The molecule has 0 amide bonds. The minimum absolute atomic E-state index is 0.0707. The fourth-order valence-electron chi connectivity index (χ4n) is 1.55. The van der Waals surface area contributed by atoms with Gasteiger partial charge in [-0.25, -0.2) is 4.68 Å². The van der Waals surface area contributed by atoms with E-state index in [9.17, 15) is 8.42 Å². The number of halogens is 1. The lowest BCUT2D eigenvalue weighted by molar-refractivity contribution is 0.368. The molecule has 1 heterocycles. The third-order valence-corrected chi connectivity index (χ3v) is 4.67. The van der Waals surface area contributed by atoms with Crippen LogP contribution in [0.5, 0.6) is 5.75 Å². The minimum Gasteiger partial charge on any atom is -0.479 e. The molecule has 10 heteroatoms. The van der Waals surface area contributed by atoms with Gasteiger partial charge in [-0.3, -0.25) is 4.72 Å². The number of hydrogen-bond acceptors (Lipinski definition) is 6. The summed E-state index contributed by atoms with van der Waals surface area (Å²) in [6.45, 7) is -0.0707. The molecule has 2 rings (SSSR count). The van der Waals surface area contributed by atoms with Gasteiger partial charge in [-0.1, -0.05) is 5.21 Å². The minimum atomic E-state index is -3.81. The van der Waals surface area contributed by atoms with E-state index in [1.165, 1.54) is 19.2 Å². The van der Waals surface area contributed by atoms with Crippen LogP contribution < -0.4 is 9.46 Å². The van der Waals surface area contributed by atoms with E-state index < -0.39 is 10.0 Å². The molecule has 8 nitrogen and oxygen atoms in total. The molecular formula is C11H10BrN5O3S. The zero-order valence-corrected chi connectivity index (χ0v) is 13.2. The summed E-state index contributed by atoms with van der Waals surface area (Å²) in [6.07, 6.45) is 0. The summed E-state index contributed by atoms with van der Waals surface area (Å²) in [5, 5.41) is 15.6. The number of sulfonamides is 1. The Bertz CT molecular complexity index is 760. The summed E-state index contributed by atoms with van der Waals surface area (Å²) in [7, 11) is -2.34. The Kier molecular flexibility index (Phi) is 4.44. The van der Waals surface area contributed by atoms with Gasteiger partial charge in [0.1, 0.15) is 11.8 Å². The SMILES string of the molecule is Cn1nnc(Br)c1S(=O)(=O)Nc1ccc(OCC#N)cc1. The number of aromatic nitrogens is 3. The Balaban J connectivity index is 2.20. The first kappa shape index (κ1) is 15.3. The number of nitrogens with one attached hydrogen (secondary N) is 1. The zero-order chi connectivity index (χ0) is 15.5. The Morgan fingerprint density at radius 1 is 1.43 bits per heavy atom. The lowest BCUT2D eigenvalue weighted by Crippen LogP contribution is -2.17. The Labute approximate surface area is 129 Å². The molecule has 0 atom stereocenters. The van der Waals surface area contributed by atoms with E-state index in [1.54, 1.807) is 12.1 Å². The van der Waals surface area contributed by atoms with Gasteiger partial charge >= 0.3 is 0 Å². The van der Waals surface area contributed by atoms with Crippen molar-refractivity contribution < 1.29 is 13.2 Å². The molecule has 2 aromatic rings. The van der Waals surface area contributed by atoms with Crippen molar-refractivity contribution in [2.24, 2.45) is 7.05 Å². The van der Waals surface area contributed by atoms with Crippen LogP contribution in [0.25, 0.3) is 0 Å². The maximum atomic E-state index is 12.2. The van der Waals surface area contributed by atoms with Gasteiger partial charge in [0.15, 0.2) is 11.2 Å². The standard InChI is InChI=1S/C11H10BrN5O3S/c1-17-11(10(12)14-16-17)21(18,19)15-8-2-4-9(5-3-8)20-7-6-13/h2-5,15H,7H2,1H3. The van der Waals surface area contributed by atoms with Crippen LogP contribution in [-0.2, 0) is 17.1 Å². The molecule has 1 aromatic carbocycles. The van der Waals surface area contributed by atoms with Crippen LogP contribution in [0.15, 0.2) is 33.9 Å². The highest BCUT2D eigenvalue weighted by Gasteiger charge is 2.23. The summed E-state index contributed by atoms with van der Waals surface area (Å²) < 4.78 is 33.3. The predicted octanol–water partition coefficient (Wildman–Crippen LogP) is 1.28. The van der Waals surface area contributed by atoms with E-state index in [-0.39, 0.29) is 16.2 Å². The highest BCUT2D eigenvalue weighted by atomic mass is 79.9. The summed E-state index contributed by atoms with van der Waals surface area (Å²) >= 11 is 3.04. The molecule has 0 aliphatic rings. The van der Waals surface area contributed by atoms with E-state index in [2.05, 4.69) is 31.0 Å². The summed E-state index contributed by atoms with van der Waals surface area (Å²) in [5.74, 6) is 0.475. The highest BCUT2D eigenvalue weighted by Crippen LogP contribution is 2.22. The summed E-state index contributed by atoms with van der Waals surface area (Å²) in [6, 6.07) is 8.03. The smallest absolute Gasteiger partial charge is 0.281 e. The molecule has 0 radical (unpaired) electrons. The van der Waals surface area contributed by atoms with Crippen molar-refractivity contribution in [2.75, 3.05) is 11.3 Å². The lowest BCUT2D eigenvalue weighted by Gasteiger charge is -2.08. The number of benzene rings is 1. The first-order chi connectivity index (χ1) is 9.94. The van der Waals surface area contributed by atoms with Crippen molar-refractivity contribution in [3.8, 4) is 11.8 Å². The van der Waals surface area contributed by atoms with Gasteiger partial charge in [0, 0.05) is 12.7 Å². The number of anilines is 1. The first-order valence-corrected chi connectivity index (χ1v) is 7.89.